The molecular formula is C16H19NOS. The van der Waals surface area contributed by atoms with E-state index in [9.17, 15) is 0 Å². The van der Waals surface area contributed by atoms with E-state index in [1.54, 1.807) is 11.3 Å². The van der Waals surface area contributed by atoms with Crippen molar-refractivity contribution in [3.05, 3.63) is 51.2 Å². The van der Waals surface area contributed by atoms with E-state index in [4.69, 9.17) is 10.5 Å². The van der Waals surface area contributed by atoms with Gasteiger partial charge in [0.25, 0.3) is 0 Å². The van der Waals surface area contributed by atoms with E-state index >= 15 is 0 Å². The first-order chi connectivity index (χ1) is 9.31. The lowest BCUT2D eigenvalue weighted by Gasteiger charge is -2.23. The summed E-state index contributed by atoms with van der Waals surface area (Å²) in [4.78, 5) is 1.27. The molecule has 3 heteroatoms. The van der Waals surface area contributed by atoms with E-state index < -0.39 is 0 Å². The molecule has 0 aliphatic carbocycles. The Morgan fingerprint density at radius 3 is 3.11 bits per heavy atom. The quantitative estimate of drug-likeness (QED) is 0.925. The zero-order valence-corrected chi connectivity index (χ0v) is 12.0. The maximum absolute atomic E-state index is 6.49. The summed E-state index contributed by atoms with van der Waals surface area (Å²) in [6.45, 7) is 2.98. The molecule has 1 aliphatic heterocycles. The Balaban J connectivity index is 2.02. The number of nitrogens with two attached hydrogens (primary N) is 1. The molecule has 2 nitrogen and oxygen atoms in total. The number of ether oxygens (including phenoxy) is 1. The van der Waals surface area contributed by atoms with Gasteiger partial charge in [0.2, 0.25) is 0 Å². The second kappa shape index (κ2) is 5.35. The van der Waals surface area contributed by atoms with Crippen LogP contribution in [0.2, 0.25) is 0 Å². The van der Waals surface area contributed by atoms with Gasteiger partial charge in [0.1, 0.15) is 5.75 Å². The van der Waals surface area contributed by atoms with Crippen molar-refractivity contribution >= 4 is 11.3 Å². The standard InChI is InChI=1S/C16H19NOS/c1-2-11-8-10-19-16(11)14(17)13-7-3-5-12-6-4-9-18-15(12)13/h3,5,7-8,10,14H,2,4,6,9,17H2,1H3. The van der Waals surface area contributed by atoms with Gasteiger partial charge < -0.3 is 10.5 Å². The van der Waals surface area contributed by atoms with Crippen LogP contribution in [0.4, 0.5) is 0 Å². The minimum atomic E-state index is -0.0667. The second-order valence-corrected chi connectivity index (χ2v) is 5.88. The molecule has 3 rings (SSSR count). The molecule has 0 radical (unpaired) electrons. The molecule has 0 fully saturated rings. The molecule has 2 heterocycles. The first-order valence-corrected chi connectivity index (χ1v) is 7.75. The average molecular weight is 273 g/mol. The number of hydrogen-bond acceptors (Lipinski definition) is 3. The number of fused-ring (bicyclic) bond motifs is 1. The van der Waals surface area contributed by atoms with Crippen LogP contribution in [0.1, 0.15) is 41.0 Å². The van der Waals surface area contributed by atoms with E-state index in [0.717, 1.165) is 37.2 Å². The predicted molar refractivity (Wildman–Crippen MR) is 80.0 cm³/mol. The monoisotopic (exact) mass is 273 g/mol. The Hall–Kier alpha value is -1.32. The normalized spacial score (nSPS) is 15.7. The Labute approximate surface area is 118 Å². The number of hydrogen-bond donors (Lipinski definition) is 1. The van der Waals surface area contributed by atoms with Gasteiger partial charge in [0.05, 0.1) is 12.6 Å². The number of aryl methyl sites for hydroxylation is 2. The third-order valence-corrected chi connectivity index (χ3v) is 4.79. The van der Waals surface area contributed by atoms with E-state index in [0.29, 0.717) is 0 Å². The lowest BCUT2D eigenvalue weighted by molar-refractivity contribution is 0.284. The van der Waals surface area contributed by atoms with E-state index in [-0.39, 0.29) is 6.04 Å². The minimum absolute atomic E-state index is 0.0667. The van der Waals surface area contributed by atoms with Crippen molar-refractivity contribution in [3.63, 3.8) is 0 Å². The first-order valence-electron chi connectivity index (χ1n) is 6.87. The molecule has 1 aromatic carbocycles. The molecule has 0 spiro atoms. The van der Waals surface area contributed by atoms with Crippen molar-refractivity contribution in [2.75, 3.05) is 6.61 Å². The lowest BCUT2D eigenvalue weighted by Crippen LogP contribution is -2.17. The molecule has 0 amide bonds. The van der Waals surface area contributed by atoms with E-state index in [2.05, 4.69) is 36.6 Å². The summed E-state index contributed by atoms with van der Waals surface area (Å²) >= 11 is 1.75. The Bertz CT molecular complexity index is 576. The fraction of sp³-hybridized carbons (Fsp3) is 0.375. The average Bonchev–Trinajstić information content (AvgIpc) is 2.94. The molecular weight excluding hydrogens is 254 g/mol. The molecule has 1 atom stereocenters. The van der Waals surface area contributed by atoms with Gasteiger partial charge in [-0.2, -0.15) is 0 Å². The fourth-order valence-corrected chi connectivity index (χ4v) is 3.73. The summed E-state index contributed by atoms with van der Waals surface area (Å²) < 4.78 is 5.87. The molecule has 1 unspecified atom stereocenters. The van der Waals surface area contributed by atoms with Gasteiger partial charge in [0, 0.05) is 10.4 Å². The predicted octanol–water partition coefficient (Wildman–Crippen LogP) is 3.68. The van der Waals surface area contributed by atoms with Crippen LogP contribution < -0.4 is 10.5 Å². The van der Waals surface area contributed by atoms with Gasteiger partial charge in [-0.3, -0.25) is 0 Å². The van der Waals surface area contributed by atoms with Gasteiger partial charge in [0.15, 0.2) is 0 Å². The van der Waals surface area contributed by atoms with Crippen LogP contribution in [0.15, 0.2) is 29.6 Å². The largest absolute Gasteiger partial charge is 0.493 e. The van der Waals surface area contributed by atoms with Gasteiger partial charge in [-0.1, -0.05) is 25.1 Å². The molecule has 0 saturated heterocycles. The molecule has 2 aromatic rings. The third kappa shape index (κ3) is 2.28. The fourth-order valence-electron chi connectivity index (χ4n) is 2.71. The topological polar surface area (TPSA) is 35.2 Å². The molecule has 0 bridgehead atoms. The smallest absolute Gasteiger partial charge is 0.127 e. The lowest BCUT2D eigenvalue weighted by atomic mass is 9.96. The summed E-state index contributed by atoms with van der Waals surface area (Å²) in [6.07, 6.45) is 3.23. The first kappa shape index (κ1) is 12.7. The van der Waals surface area contributed by atoms with Crippen LogP contribution in [0, 0.1) is 0 Å². The maximum Gasteiger partial charge on any atom is 0.127 e. The van der Waals surface area contributed by atoms with Crippen LogP contribution in [0.3, 0.4) is 0 Å². The van der Waals surface area contributed by atoms with Crippen molar-refractivity contribution in [3.8, 4) is 5.75 Å². The van der Waals surface area contributed by atoms with E-state index in [1.807, 2.05) is 0 Å². The number of rotatable bonds is 3. The molecule has 19 heavy (non-hydrogen) atoms. The number of para-hydroxylation sites is 1. The van der Waals surface area contributed by atoms with Crippen molar-refractivity contribution in [2.24, 2.45) is 5.73 Å². The molecule has 0 saturated carbocycles. The summed E-state index contributed by atoms with van der Waals surface area (Å²) in [5.74, 6) is 1.02. The zero-order valence-electron chi connectivity index (χ0n) is 11.2. The van der Waals surface area contributed by atoms with Crippen molar-refractivity contribution < 1.29 is 4.74 Å². The van der Waals surface area contributed by atoms with Crippen LogP contribution in [-0.4, -0.2) is 6.61 Å². The second-order valence-electron chi connectivity index (χ2n) is 4.93. The Morgan fingerprint density at radius 2 is 2.26 bits per heavy atom. The minimum Gasteiger partial charge on any atom is -0.493 e. The van der Waals surface area contributed by atoms with Crippen LogP contribution in [-0.2, 0) is 12.8 Å². The van der Waals surface area contributed by atoms with Crippen molar-refractivity contribution in [2.45, 2.75) is 32.2 Å². The maximum atomic E-state index is 6.49. The van der Waals surface area contributed by atoms with Crippen molar-refractivity contribution in [1.29, 1.82) is 0 Å². The summed E-state index contributed by atoms with van der Waals surface area (Å²) in [5, 5.41) is 2.13. The highest BCUT2D eigenvalue weighted by Crippen LogP contribution is 2.37. The van der Waals surface area contributed by atoms with Crippen LogP contribution in [0.5, 0.6) is 5.75 Å². The van der Waals surface area contributed by atoms with Gasteiger partial charge in [-0.15, -0.1) is 11.3 Å². The van der Waals surface area contributed by atoms with Gasteiger partial charge in [-0.05, 0) is 41.8 Å². The summed E-state index contributed by atoms with van der Waals surface area (Å²) in [5.41, 5.74) is 10.3. The molecule has 1 aliphatic rings. The SMILES string of the molecule is CCc1ccsc1C(N)c1cccc2c1OCCC2. The highest BCUT2D eigenvalue weighted by Gasteiger charge is 2.21. The van der Waals surface area contributed by atoms with Crippen LogP contribution in [0.25, 0.3) is 0 Å². The third-order valence-electron chi connectivity index (χ3n) is 3.74. The molecule has 1 aromatic heterocycles. The van der Waals surface area contributed by atoms with Crippen molar-refractivity contribution in [1.82, 2.24) is 0 Å². The molecule has 2 N–H and O–H groups in total. The van der Waals surface area contributed by atoms with Gasteiger partial charge in [-0.25, -0.2) is 0 Å². The number of benzene rings is 1. The van der Waals surface area contributed by atoms with Gasteiger partial charge >= 0.3 is 0 Å². The highest BCUT2D eigenvalue weighted by molar-refractivity contribution is 7.10. The molecule has 100 valence electrons. The van der Waals surface area contributed by atoms with Crippen LogP contribution >= 0.6 is 11.3 Å². The zero-order chi connectivity index (χ0) is 13.2. The highest BCUT2D eigenvalue weighted by atomic mass is 32.1. The summed E-state index contributed by atoms with van der Waals surface area (Å²) in [7, 11) is 0. The summed E-state index contributed by atoms with van der Waals surface area (Å²) in [6, 6.07) is 8.47. The Morgan fingerprint density at radius 1 is 1.37 bits per heavy atom. The number of thiophene rings is 1. The van der Waals surface area contributed by atoms with E-state index in [1.165, 1.54) is 16.0 Å². The Kier molecular flexibility index (Phi) is 3.58.